The van der Waals surface area contributed by atoms with Crippen LogP contribution < -0.4 is 20.1 Å². The molecule has 2 amide bonds. The van der Waals surface area contributed by atoms with Gasteiger partial charge in [0.15, 0.2) is 0 Å². The first-order valence-corrected chi connectivity index (χ1v) is 10.6. The number of anilines is 1. The summed E-state index contributed by atoms with van der Waals surface area (Å²) in [5, 5.41) is 12.5. The Balaban J connectivity index is 1.44. The highest BCUT2D eigenvalue weighted by molar-refractivity contribution is 5.96. The van der Waals surface area contributed by atoms with E-state index in [1.807, 2.05) is 12.1 Å². The molecule has 2 heterocycles. The zero-order valence-corrected chi connectivity index (χ0v) is 18.5. The van der Waals surface area contributed by atoms with Gasteiger partial charge in [0.05, 0.1) is 31.5 Å². The van der Waals surface area contributed by atoms with Gasteiger partial charge in [-0.1, -0.05) is 6.07 Å². The first-order chi connectivity index (χ1) is 16.1. The molecule has 0 spiro atoms. The van der Waals surface area contributed by atoms with Gasteiger partial charge in [0.1, 0.15) is 18.1 Å². The van der Waals surface area contributed by atoms with Gasteiger partial charge in [-0.15, -0.1) is 0 Å². The standard InChI is InChI=1S/C24H26N4O5/c1-31-8-7-25-23(29)16-4-6-21-17(9-16)10-18(14-33-21)24(30)28-20-5-3-15(11-22(20)32-2)19-12-26-27-13-19/h3-6,9,11-13,18H,7-8,10,14H2,1-2H3,(H,25,29)(H,26,27)(H,28,30). The molecule has 1 aliphatic heterocycles. The topological polar surface area (TPSA) is 115 Å². The number of rotatable bonds is 8. The van der Waals surface area contributed by atoms with E-state index in [-0.39, 0.29) is 18.4 Å². The van der Waals surface area contributed by atoms with Crippen LogP contribution in [0.3, 0.4) is 0 Å². The minimum atomic E-state index is -0.400. The first kappa shape index (κ1) is 22.3. The Labute approximate surface area is 191 Å². The molecule has 9 nitrogen and oxygen atoms in total. The van der Waals surface area contributed by atoms with Crippen LogP contribution in [0.5, 0.6) is 11.5 Å². The summed E-state index contributed by atoms with van der Waals surface area (Å²) in [6.45, 7) is 1.12. The van der Waals surface area contributed by atoms with Crippen LogP contribution in [0, 0.1) is 5.92 Å². The maximum Gasteiger partial charge on any atom is 0.251 e. The third-order valence-electron chi connectivity index (χ3n) is 5.48. The van der Waals surface area contributed by atoms with E-state index >= 15 is 0 Å². The molecule has 0 saturated heterocycles. The number of amides is 2. The van der Waals surface area contributed by atoms with Gasteiger partial charge in [0.25, 0.3) is 5.91 Å². The third-order valence-corrected chi connectivity index (χ3v) is 5.48. The molecule has 1 aromatic heterocycles. The van der Waals surface area contributed by atoms with Crippen molar-refractivity contribution in [1.82, 2.24) is 15.5 Å². The Morgan fingerprint density at radius 3 is 2.82 bits per heavy atom. The van der Waals surface area contributed by atoms with Crippen molar-refractivity contribution in [2.45, 2.75) is 6.42 Å². The molecule has 2 aromatic carbocycles. The first-order valence-electron chi connectivity index (χ1n) is 10.6. The Bertz CT molecular complexity index is 1130. The molecule has 33 heavy (non-hydrogen) atoms. The lowest BCUT2D eigenvalue weighted by atomic mass is 9.94. The summed E-state index contributed by atoms with van der Waals surface area (Å²) < 4.78 is 16.2. The molecular formula is C24H26N4O5. The number of benzene rings is 2. The van der Waals surface area contributed by atoms with Crippen LogP contribution in [0.15, 0.2) is 48.8 Å². The number of carbonyl (C=O) groups is 2. The van der Waals surface area contributed by atoms with Gasteiger partial charge >= 0.3 is 0 Å². The molecule has 172 valence electrons. The van der Waals surface area contributed by atoms with Gasteiger partial charge < -0.3 is 24.8 Å². The number of ether oxygens (including phenoxy) is 3. The molecule has 1 aliphatic rings. The van der Waals surface area contributed by atoms with Crippen LogP contribution in [0.2, 0.25) is 0 Å². The van der Waals surface area contributed by atoms with E-state index in [0.717, 1.165) is 16.7 Å². The predicted octanol–water partition coefficient (Wildman–Crippen LogP) is 2.65. The number of methoxy groups -OCH3 is 2. The van der Waals surface area contributed by atoms with Crippen LogP contribution in [-0.4, -0.2) is 56.0 Å². The average molecular weight is 450 g/mol. The largest absolute Gasteiger partial charge is 0.495 e. The minimum Gasteiger partial charge on any atom is -0.495 e. The molecule has 9 heteroatoms. The van der Waals surface area contributed by atoms with Crippen LogP contribution in [0.1, 0.15) is 15.9 Å². The molecule has 0 radical (unpaired) electrons. The Kier molecular flexibility index (Phi) is 6.89. The van der Waals surface area contributed by atoms with Gasteiger partial charge in [0, 0.05) is 31.0 Å². The summed E-state index contributed by atoms with van der Waals surface area (Å²) in [6, 6.07) is 10.8. The average Bonchev–Trinajstić information content (AvgIpc) is 3.38. The lowest BCUT2D eigenvalue weighted by Gasteiger charge is -2.25. The van der Waals surface area contributed by atoms with Crippen LogP contribution in [-0.2, 0) is 16.0 Å². The van der Waals surface area contributed by atoms with Crippen molar-refractivity contribution < 1.29 is 23.8 Å². The van der Waals surface area contributed by atoms with Crippen molar-refractivity contribution >= 4 is 17.5 Å². The van der Waals surface area contributed by atoms with E-state index in [1.54, 1.807) is 50.9 Å². The van der Waals surface area contributed by atoms with Crippen molar-refractivity contribution in [1.29, 1.82) is 0 Å². The lowest BCUT2D eigenvalue weighted by molar-refractivity contribution is -0.121. The van der Waals surface area contributed by atoms with Gasteiger partial charge in [0.2, 0.25) is 5.91 Å². The van der Waals surface area contributed by atoms with Gasteiger partial charge in [-0.25, -0.2) is 0 Å². The highest BCUT2D eigenvalue weighted by atomic mass is 16.5. The summed E-state index contributed by atoms with van der Waals surface area (Å²) in [5.41, 5.74) is 3.76. The molecular weight excluding hydrogens is 424 g/mol. The Morgan fingerprint density at radius 2 is 2.06 bits per heavy atom. The highest BCUT2D eigenvalue weighted by Crippen LogP contribution is 2.32. The number of aromatic nitrogens is 2. The molecule has 0 saturated carbocycles. The van der Waals surface area contributed by atoms with Crippen molar-refractivity contribution in [3.05, 3.63) is 59.9 Å². The fourth-order valence-electron chi connectivity index (χ4n) is 3.69. The molecule has 3 aromatic rings. The van der Waals surface area contributed by atoms with Gasteiger partial charge in [-0.05, 0) is 47.9 Å². The number of fused-ring (bicyclic) bond motifs is 1. The monoisotopic (exact) mass is 450 g/mol. The number of aromatic amines is 1. The Morgan fingerprint density at radius 1 is 1.18 bits per heavy atom. The third kappa shape index (κ3) is 5.15. The lowest BCUT2D eigenvalue weighted by Crippen LogP contribution is -2.33. The SMILES string of the molecule is COCCNC(=O)c1ccc2c(c1)CC(C(=O)Nc1ccc(-c3cn[nH]c3)cc1OC)CO2. The van der Waals surface area contributed by atoms with E-state index in [4.69, 9.17) is 14.2 Å². The maximum atomic E-state index is 13.0. The fourth-order valence-corrected chi connectivity index (χ4v) is 3.69. The highest BCUT2D eigenvalue weighted by Gasteiger charge is 2.27. The van der Waals surface area contributed by atoms with E-state index in [0.29, 0.717) is 42.3 Å². The van der Waals surface area contributed by atoms with E-state index < -0.39 is 5.92 Å². The van der Waals surface area contributed by atoms with E-state index in [1.165, 1.54) is 0 Å². The van der Waals surface area contributed by atoms with E-state index in [2.05, 4.69) is 20.8 Å². The number of nitrogens with one attached hydrogen (secondary N) is 3. The minimum absolute atomic E-state index is 0.176. The summed E-state index contributed by atoms with van der Waals surface area (Å²) >= 11 is 0. The van der Waals surface area contributed by atoms with Gasteiger partial charge in [-0.2, -0.15) is 5.10 Å². The van der Waals surface area contributed by atoms with Gasteiger partial charge in [-0.3, -0.25) is 14.7 Å². The second kappa shape index (κ2) is 10.2. The van der Waals surface area contributed by atoms with Crippen molar-refractivity contribution in [3.63, 3.8) is 0 Å². The second-order valence-corrected chi connectivity index (χ2v) is 7.67. The molecule has 0 fully saturated rings. The quantitative estimate of drug-likeness (QED) is 0.455. The molecule has 1 atom stereocenters. The fraction of sp³-hybridized carbons (Fsp3) is 0.292. The van der Waals surface area contributed by atoms with Crippen LogP contribution in [0.4, 0.5) is 5.69 Å². The number of hydrogen-bond acceptors (Lipinski definition) is 6. The summed E-state index contributed by atoms with van der Waals surface area (Å²) in [4.78, 5) is 25.3. The normalized spacial score (nSPS) is 14.7. The molecule has 4 rings (SSSR count). The van der Waals surface area contributed by atoms with E-state index in [9.17, 15) is 9.59 Å². The molecule has 0 bridgehead atoms. The van der Waals surface area contributed by atoms with Crippen molar-refractivity contribution in [2.24, 2.45) is 5.92 Å². The molecule has 3 N–H and O–H groups in total. The number of H-pyrrole nitrogens is 1. The van der Waals surface area contributed by atoms with Crippen molar-refractivity contribution in [2.75, 3.05) is 39.3 Å². The number of nitrogens with zero attached hydrogens (tertiary/aromatic N) is 1. The van der Waals surface area contributed by atoms with Crippen LogP contribution in [0.25, 0.3) is 11.1 Å². The maximum absolute atomic E-state index is 13.0. The van der Waals surface area contributed by atoms with Crippen molar-refractivity contribution in [3.8, 4) is 22.6 Å². The summed E-state index contributed by atoms with van der Waals surface area (Å²) in [5.74, 6) is 0.472. The Hall–Kier alpha value is -3.85. The molecule has 1 unspecified atom stereocenters. The zero-order chi connectivity index (χ0) is 23.2. The summed E-state index contributed by atoms with van der Waals surface area (Å²) in [6.07, 6.45) is 3.97. The zero-order valence-electron chi connectivity index (χ0n) is 18.5. The predicted molar refractivity (Wildman–Crippen MR) is 123 cm³/mol. The van der Waals surface area contributed by atoms with Crippen LogP contribution >= 0.6 is 0 Å². The second-order valence-electron chi connectivity index (χ2n) is 7.67. The number of hydrogen-bond donors (Lipinski definition) is 3. The summed E-state index contributed by atoms with van der Waals surface area (Å²) in [7, 11) is 3.14. The molecule has 0 aliphatic carbocycles. The number of carbonyl (C=O) groups excluding carboxylic acids is 2. The smallest absolute Gasteiger partial charge is 0.251 e.